The van der Waals surface area contributed by atoms with Crippen molar-refractivity contribution in [1.29, 1.82) is 5.26 Å². The molecular weight excluding hydrogens is 294 g/mol. The molecule has 0 radical (unpaired) electrons. The first-order valence-electron chi connectivity index (χ1n) is 8.20. The second kappa shape index (κ2) is 6.39. The molecule has 0 saturated heterocycles. The van der Waals surface area contributed by atoms with Crippen LogP contribution in [0.2, 0.25) is 0 Å². The lowest BCUT2D eigenvalue weighted by Crippen LogP contribution is -2.50. The van der Waals surface area contributed by atoms with Crippen molar-refractivity contribution in [2.24, 2.45) is 0 Å². The van der Waals surface area contributed by atoms with Gasteiger partial charge < -0.3 is 5.32 Å². The van der Waals surface area contributed by atoms with Crippen molar-refractivity contribution in [1.82, 2.24) is 10.2 Å². The van der Waals surface area contributed by atoms with Crippen LogP contribution in [0.3, 0.4) is 0 Å². The summed E-state index contributed by atoms with van der Waals surface area (Å²) < 4.78 is 0. The van der Waals surface area contributed by atoms with Gasteiger partial charge in [0, 0.05) is 17.5 Å². The highest BCUT2D eigenvalue weighted by Gasteiger charge is 2.36. The van der Waals surface area contributed by atoms with Crippen LogP contribution in [0.1, 0.15) is 55.5 Å². The van der Waals surface area contributed by atoms with Gasteiger partial charge in [-0.1, -0.05) is 6.92 Å². The number of hydrogen-bond donors (Lipinski definition) is 1. The van der Waals surface area contributed by atoms with E-state index >= 15 is 0 Å². The first-order valence-corrected chi connectivity index (χ1v) is 9.08. The summed E-state index contributed by atoms with van der Waals surface area (Å²) in [5.41, 5.74) is 0.782. The smallest absolute Gasteiger partial charge is 0.235 e. The highest BCUT2D eigenvalue weighted by Crippen LogP contribution is 2.35. The average Bonchev–Trinajstić information content (AvgIpc) is 3.16. The molecule has 0 spiro atoms. The second-order valence-electron chi connectivity index (χ2n) is 6.39. The Balaban J connectivity index is 1.66. The largest absolute Gasteiger partial charge is 0.337 e. The van der Waals surface area contributed by atoms with Gasteiger partial charge in [0.05, 0.1) is 12.6 Å². The van der Waals surface area contributed by atoms with Crippen molar-refractivity contribution in [3.8, 4) is 6.07 Å². The van der Waals surface area contributed by atoms with Crippen molar-refractivity contribution < 1.29 is 4.79 Å². The molecule has 2 aliphatic rings. The monoisotopic (exact) mass is 317 g/mol. The number of rotatable bonds is 4. The Morgan fingerprint density at radius 2 is 2.32 bits per heavy atom. The van der Waals surface area contributed by atoms with Gasteiger partial charge in [0.2, 0.25) is 5.91 Å². The minimum Gasteiger partial charge on any atom is -0.337 e. The number of fused-ring (bicyclic) bond motifs is 1. The predicted octanol–water partition coefficient (Wildman–Crippen LogP) is 3.01. The zero-order chi connectivity index (χ0) is 15.6. The highest BCUT2D eigenvalue weighted by atomic mass is 32.1. The molecule has 0 aromatic carbocycles. The first kappa shape index (κ1) is 15.5. The van der Waals surface area contributed by atoms with Crippen molar-refractivity contribution in [3.63, 3.8) is 0 Å². The molecule has 0 bridgehead atoms. The maximum atomic E-state index is 12.4. The summed E-state index contributed by atoms with van der Waals surface area (Å²) in [6.45, 7) is 3.51. The fourth-order valence-electron chi connectivity index (χ4n) is 3.85. The van der Waals surface area contributed by atoms with Gasteiger partial charge in [0.1, 0.15) is 5.54 Å². The molecule has 0 unspecified atom stereocenters. The molecule has 1 aromatic heterocycles. The molecule has 1 fully saturated rings. The Kier molecular flexibility index (Phi) is 4.51. The summed E-state index contributed by atoms with van der Waals surface area (Å²) in [7, 11) is 0. The van der Waals surface area contributed by atoms with E-state index in [1.54, 1.807) is 0 Å². The number of hydrogen-bond acceptors (Lipinski definition) is 4. The summed E-state index contributed by atoms with van der Waals surface area (Å²) in [6.07, 6.45) is 5.70. The maximum absolute atomic E-state index is 12.4. The van der Waals surface area contributed by atoms with Crippen LogP contribution in [-0.4, -0.2) is 29.4 Å². The molecule has 22 heavy (non-hydrogen) atoms. The van der Waals surface area contributed by atoms with E-state index in [1.165, 1.54) is 10.4 Å². The lowest BCUT2D eigenvalue weighted by atomic mass is 9.97. The SMILES string of the molecule is CC[C@H]1c2ccsc2CCN1CC(=O)NC1(C#N)CCCC1. The standard InChI is InChI=1S/C17H23N3OS/c1-2-14-13-6-10-22-15(13)5-9-20(14)11-16(21)19-17(12-18)7-3-4-8-17/h6,10,14H,2-5,7-9,11H2,1H3,(H,19,21)/t14-/m0/s1. The molecule has 1 N–H and O–H groups in total. The van der Waals surface area contributed by atoms with Crippen LogP contribution in [0.25, 0.3) is 0 Å². The zero-order valence-corrected chi connectivity index (χ0v) is 13.9. The van der Waals surface area contributed by atoms with Crippen molar-refractivity contribution in [2.45, 2.75) is 57.0 Å². The van der Waals surface area contributed by atoms with Gasteiger partial charge in [0.25, 0.3) is 0 Å². The Hall–Kier alpha value is -1.38. The van der Waals surface area contributed by atoms with E-state index in [9.17, 15) is 10.1 Å². The fourth-order valence-corrected chi connectivity index (χ4v) is 4.78. The third-order valence-electron chi connectivity index (χ3n) is 4.99. The highest BCUT2D eigenvalue weighted by molar-refractivity contribution is 7.10. The van der Waals surface area contributed by atoms with Crippen LogP contribution in [0.5, 0.6) is 0 Å². The van der Waals surface area contributed by atoms with Crippen LogP contribution >= 0.6 is 11.3 Å². The van der Waals surface area contributed by atoms with Gasteiger partial charge in [-0.05, 0) is 55.5 Å². The predicted molar refractivity (Wildman–Crippen MR) is 87.6 cm³/mol. The quantitative estimate of drug-likeness (QED) is 0.928. The van der Waals surface area contributed by atoms with Crippen molar-refractivity contribution in [3.05, 3.63) is 21.9 Å². The Bertz CT molecular complexity index is 583. The van der Waals surface area contributed by atoms with E-state index in [2.05, 4.69) is 34.7 Å². The number of carbonyl (C=O) groups is 1. The number of carbonyl (C=O) groups excluding carboxylic acids is 1. The molecule has 1 atom stereocenters. The topological polar surface area (TPSA) is 56.1 Å². The van der Waals surface area contributed by atoms with Gasteiger partial charge in [-0.3, -0.25) is 9.69 Å². The molecule has 118 valence electrons. The lowest BCUT2D eigenvalue weighted by molar-refractivity contribution is -0.124. The summed E-state index contributed by atoms with van der Waals surface area (Å²) in [5.74, 6) is 0.000537. The lowest BCUT2D eigenvalue weighted by Gasteiger charge is -2.35. The van der Waals surface area contributed by atoms with E-state index in [1.807, 2.05) is 11.3 Å². The van der Waals surface area contributed by atoms with Crippen LogP contribution in [0.4, 0.5) is 0 Å². The van der Waals surface area contributed by atoms with E-state index in [-0.39, 0.29) is 5.91 Å². The second-order valence-corrected chi connectivity index (χ2v) is 7.39. The van der Waals surface area contributed by atoms with E-state index in [0.29, 0.717) is 12.6 Å². The molecule has 1 aliphatic heterocycles. The number of nitrogens with one attached hydrogen (secondary N) is 1. The molecule has 1 saturated carbocycles. The van der Waals surface area contributed by atoms with Crippen LogP contribution < -0.4 is 5.32 Å². The minimum absolute atomic E-state index is 0.000537. The molecule has 4 nitrogen and oxygen atoms in total. The number of nitriles is 1. The number of amides is 1. The van der Waals surface area contributed by atoms with Crippen molar-refractivity contribution >= 4 is 17.2 Å². The molecule has 1 aliphatic carbocycles. The van der Waals surface area contributed by atoms with Gasteiger partial charge in [0.15, 0.2) is 0 Å². The van der Waals surface area contributed by atoms with E-state index in [4.69, 9.17) is 0 Å². The normalized spacial score (nSPS) is 23.7. The first-order chi connectivity index (χ1) is 10.7. The molecule has 1 aromatic rings. The van der Waals surface area contributed by atoms with Crippen molar-refractivity contribution in [2.75, 3.05) is 13.1 Å². The van der Waals surface area contributed by atoms with Gasteiger partial charge >= 0.3 is 0 Å². The van der Waals surface area contributed by atoms with Crippen LogP contribution in [0, 0.1) is 11.3 Å². The molecule has 5 heteroatoms. The Morgan fingerprint density at radius 1 is 1.55 bits per heavy atom. The van der Waals surface area contributed by atoms with Gasteiger partial charge in [-0.2, -0.15) is 5.26 Å². The van der Waals surface area contributed by atoms with Crippen LogP contribution in [-0.2, 0) is 11.2 Å². The summed E-state index contributed by atoms with van der Waals surface area (Å²) in [5, 5.41) is 14.6. The summed E-state index contributed by atoms with van der Waals surface area (Å²) >= 11 is 1.82. The van der Waals surface area contributed by atoms with Gasteiger partial charge in [-0.15, -0.1) is 11.3 Å². The van der Waals surface area contributed by atoms with Crippen LogP contribution in [0.15, 0.2) is 11.4 Å². The molecular formula is C17H23N3OS. The fraction of sp³-hybridized carbons (Fsp3) is 0.647. The third kappa shape index (κ3) is 2.90. The molecule has 3 rings (SSSR count). The Morgan fingerprint density at radius 3 is 3.00 bits per heavy atom. The molecule has 1 amide bonds. The minimum atomic E-state index is -0.609. The maximum Gasteiger partial charge on any atom is 0.235 e. The summed E-state index contributed by atoms with van der Waals surface area (Å²) in [6, 6.07) is 4.87. The molecule has 2 heterocycles. The number of thiophene rings is 1. The van der Waals surface area contributed by atoms with Gasteiger partial charge in [-0.25, -0.2) is 0 Å². The Labute approximate surface area is 136 Å². The zero-order valence-electron chi connectivity index (χ0n) is 13.1. The third-order valence-corrected chi connectivity index (χ3v) is 5.99. The summed E-state index contributed by atoms with van der Waals surface area (Å²) in [4.78, 5) is 16.2. The van der Waals surface area contributed by atoms with E-state index in [0.717, 1.165) is 45.1 Å². The van der Waals surface area contributed by atoms with E-state index < -0.39 is 5.54 Å². The average molecular weight is 317 g/mol. The number of nitrogens with zero attached hydrogens (tertiary/aromatic N) is 2.